The van der Waals surface area contributed by atoms with E-state index in [4.69, 9.17) is 4.74 Å². The first kappa shape index (κ1) is 16.7. The van der Waals surface area contributed by atoms with Gasteiger partial charge in [0.2, 0.25) is 5.91 Å². The normalized spacial score (nSPS) is 18.1. The summed E-state index contributed by atoms with van der Waals surface area (Å²) in [5.74, 6) is -0.544. The molecule has 2 amide bonds. The van der Waals surface area contributed by atoms with Crippen molar-refractivity contribution >= 4 is 23.2 Å². The number of carbonyl (C=O) groups is 2. The second-order valence-electron chi connectivity index (χ2n) is 6.46. The highest BCUT2D eigenvalue weighted by Gasteiger charge is 2.28. The lowest BCUT2D eigenvalue weighted by Gasteiger charge is -2.30. The number of amides is 2. The van der Waals surface area contributed by atoms with Crippen LogP contribution in [0.1, 0.15) is 45.4 Å². The van der Waals surface area contributed by atoms with Gasteiger partial charge in [0.15, 0.2) is 12.4 Å². The minimum atomic E-state index is -0.538. The van der Waals surface area contributed by atoms with Crippen LogP contribution in [-0.2, 0) is 9.59 Å². The van der Waals surface area contributed by atoms with Gasteiger partial charge in [0.25, 0.3) is 5.91 Å². The Morgan fingerprint density at radius 1 is 1.33 bits per heavy atom. The zero-order valence-corrected chi connectivity index (χ0v) is 13.9. The fraction of sp³-hybridized carbons (Fsp3) is 0.556. The zero-order chi connectivity index (χ0) is 17.1. The topological polar surface area (TPSA) is 58.6 Å². The summed E-state index contributed by atoms with van der Waals surface area (Å²) >= 11 is 0. The monoisotopic (exact) mass is 334 g/mol. The van der Waals surface area contributed by atoms with Crippen LogP contribution in [0.5, 0.6) is 5.75 Å². The Balaban J connectivity index is 1.83. The zero-order valence-electron chi connectivity index (χ0n) is 13.9. The van der Waals surface area contributed by atoms with Crippen molar-refractivity contribution in [1.82, 2.24) is 0 Å². The van der Waals surface area contributed by atoms with Gasteiger partial charge < -0.3 is 15.0 Å². The first-order valence-corrected chi connectivity index (χ1v) is 8.67. The standard InChI is InChI=1S/C18H23FN2O3/c1-2-8-21-15-10-14(13(19)9-16(15)24-11-17(21)22)20-18(23)12-6-4-3-5-7-12/h9-10,12H,2-8,11H2,1H3,(H,20,23). The third-order valence-corrected chi connectivity index (χ3v) is 4.67. The fourth-order valence-corrected chi connectivity index (χ4v) is 3.39. The van der Waals surface area contributed by atoms with E-state index < -0.39 is 5.82 Å². The van der Waals surface area contributed by atoms with Crippen molar-refractivity contribution in [3.63, 3.8) is 0 Å². The van der Waals surface area contributed by atoms with Gasteiger partial charge in [-0.3, -0.25) is 9.59 Å². The quantitative estimate of drug-likeness (QED) is 0.917. The molecule has 0 unspecified atom stereocenters. The lowest BCUT2D eigenvalue weighted by Crippen LogP contribution is -2.39. The summed E-state index contributed by atoms with van der Waals surface area (Å²) in [6.45, 7) is 2.43. The third kappa shape index (κ3) is 3.37. The number of hydrogen-bond donors (Lipinski definition) is 1. The van der Waals surface area contributed by atoms with Crippen LogP contribution in [-0.4, -0.2) is 25.0 Å². The minimum absolute atomic E-state index is 0.0567. The summed E-state index contributed by atoms with van der Waals surface area (Å²) in [7, 11) is 0. The fourth-order valence-electron chi connectivity index (χ4n) is 3.39. The molecule has 1 fully saturated rings. The smallest absolute Gasteiger partial charge is 0.265 e. The number of nitrogens with zero attached hydrogens (tertiary/aromatic N) is 1. The number of rotatable bonds is 4. The summed E-state index contributed by atoms with van der Waals surface area (Å²) in [5.41, 5.74) is 0.636. The molecule has 1 saturated carbocycles. The molecule has 3 rings (SSSR count). The van der Waals surface area contributed by atoms with E-state index in [2.05, 4.69) is 5.32 Å². The van der Waals surface area contributed by atoms with Crippen molar-refractivity contribution in [2.24, 2.45) is 5.92 Å². The summed E-state index contributed by atoms with van der Waals surface area (Å²) in [4.78, 5) is 26.0. The van der Waals surface area contributed by atoms with Crippen molar-refractivity contribution in [1.29, 1.82) is 0 Å². The van der Waals surface area contributed by atoms with Gasteiger partial charge in [0.05, 0.1) is 11.4 Å². The van der Waals surface area contributed by atoms with Gasteiger partial charge in [0.1, 0.15) is 5.75 Å². The van der Waals surface area contributed by atoms with Gasteiger partial charge >= 0.3 is 0 Å². The molecule has 24 heavy (non-hydrogen) atoms. The Labute approximate surface area is 141 Å². The Kier molecular flexibility index (Phi) is 5.02. The third-order valence-electron chi connectivity index (χ3n) is 4.67. The van der Waals surface area contributed by atoms with Crippen molar-refractivity contribution in [3.8, 4) is 5.75 Å². The average molecular weight is 334 g/mol. The molecule has 0 bridgehead atoms. The van der Waals surface area contributed by atoms with E-state index in [0.717, 1.165) is 38.5 Å². The van der Waals surface area contributed by atoms with Crippen LogP contribution >= 0.6 is 0 Å². The Morgan fingerprint density at radius 2 is 2.08 bits per heavy atom. The molecule has 1 N–H and O–H groups in total. The van der Waals surface area contributed by atoms with Crippen LogP contribution in [0, 0.1) is 11.7 Å². The number of nitrogens with one attached hydrogen (secondary N) is 1. The maximum Gasteiger partial charge on any atom is 0.265 e. The molecule has 5 nitrogen and oxygen atoms in total. The molecule has 6 heteroatoms. The van der Waals surface area contributed by atoms with E-state index >= 15 is 0 Å². The molecule has 130 valence electrons. The van der Waals surface area contributed by atoms with Gasteiger partial charge in [-0.2, -0.15) is 0 Å². The van der Waals surface area contributed by atoms with Crippen LogP contribution in [0.4, 0.5) is 15.8 Å². The van der Waals surface area contributed by atoms with Crippen LogP contribution in [0.25, 0.3) is 0 Å². The highest BCUT2D eigenvalue weighted by molar-refractivity contribution is 6.00. The number of carbonyl (C=O) groups excluding carboxylic acids is 2. The number of anilines is 2. The minimum Gasteiger partial charge on any atom is -0.481 e. The van der Waals surface area contributed by atoms with Gasteiger partial charge in [-0.15, -0.1) is 0 Å². The molecule has 1 aliphatic carbocycles. The van der Waals surface area contributed by atoms with Crippen LogP contribution in [0.15, 0.2) is 12.1 Å². The Hall–Kier alpha value is -2.11. The van der Waals surface area contributed by atoms with E-state index in [1.165, 1.54) is 12.1 Å². The lowest BCUT2D eigenvalue weighted by molar-refractivity contribution is -0.121. The van der Waals surface area contributed by atoms with Gasteiger partial charge in [-0.1, -0.05) is 26.2 Å². The maximum absolute atomic E-state index is 14.3. The molecule has 0 saturated heterocycles. The first-order chi connectivity index (χ1) is 11.6. The van der Waals surface area contributed by atoms with E-state index in [1.54, 1.807) is 4.90 Å². The van der Waals surface area contributed by atoms with E-state index in [-0.39, 0.29) is 30.0 Å². The predicted octanol–water partition coefficient (Wildman–Crippen LogP) is 3.48. The van der Waals surface area contributed by atoms with Crippen molar-refractivity contribution in [3.05, 3.63) is 17.9 Å². The average Bonchev–Trinajstić information content (AvgIpc) is 2.59. The number of halogens is 1. The lowest BCUT2D eigenvalue weighted by atomic mass is 9.88. The largest absolute Gasteiger partial charge is 0.481 e. The van der Waals surface area contributed by atoms with Crippen molar-refractivity contribution in [2.45, 2.75) is 45.4 Å². The summed E-state index contributed by atoms with van der Waals surface area (Å²) in [6.07, 6.45) is 5.72. The van der Waals surface area contributed by atoms with Crippen molar-refractivity contribution < 1.29 is 18.7 Å². The van der Waals surface area contributed by atoms with E-state index in [0.29, 0.717) is 18.0 Å². The molecule has 1 aromatic carbocycles. The molecule has 1 aromatic rings. The Bertz CT molecular complexity index is 641. The maximum atomic E-state index is 14.3. The van der Waals surface area contributed by atoms with Gasteiger partial charge in [0, 0.05) is 18.5 Å². The Morgan fingerprint density at radius 3 is 2.79 bits per heavy atom. The van der Waals surface area contributed by atoms with E-state index in [9.17, 15) is 14.0 Å². The van der Waals surface area contributed by atoms with Crippen LogP contribution in [0.2, 0.25) is 0 Å². The summed E-state index contributed by atoms with van der Waals surface area (Å²) in [5, 5.41) is 2.70. The van der Waals surface area contributed by atoms with Gasteiger partial charge in [-0.05, 0) is 25.3 Å². The molecule has 0 spiro atoms. The number of hydrogen-bond acceptors (Lipinski definition) is 3. The second-order valence-corrected chi connectivity index (χ2v) is 6.46. The van der Waals surface area contributed by atoms with Crippen LogP contribution < -0.4 is 15.0 Å². The molecule has 0 atom stereocenters. The van der Waals surface area contributed by atoms with E-state index in [1.807, 2.05) is 6.92 Å². The molecule has 2 aliphatic rings. The van der Waals surface area contributed by atoms with Crippen molar-refractivity contribution in [2.75, 3.05) is 23.4 Å². The molecule has 0 aromatic heterocycles. The highest BCUT2D eigenvalue weighted by Crippen LogP contribution is 2.37. The molecular formula is C18H23FN2O3. The number of fused-ring (bicyclic) bond motifs is 1. The first-order valence-electron chi connectivity index (χ1n) is 8.67. The SMILES string of the molecule is CCCN1C(=O)COc2cc(F)c(NC(=O)C3CCCCC3)cc21. The molecular weight excluding hydrogens is 311 g/mol. The van der Waals surface area contributed by atoms with Crippen LogP contribution in [0.3, 0.4) is 0 Å². The van der Waals surface area contributed by atoms with Gasteiger partial charge in [-0.25, -0.2) is 4.39 Å². The second kappa shape index (κ2) is 7.20. The molecule has 1 heterocycles. The predicted molar refractivity (Wildman–Crippen MR) is 89.7 cm³/mol. The summed E-state index contributed by atoms with van der Waals surface area (Å²) < 4.78 is 19.6. The highest BCUT2D eigenvalue weighted by atomic mass is 19.1. The molecule has 1 aliphatic heterocycles. The number of ether oxygens (including phenoxy) is 1. The molecule has 0 radical (unpaired) electrons. The summed E-state index contributed by atoms with van der Waals surface area (Å²) in [6, 6.07) is 2.76. The number of benzene rings is 1.